The molecule has 6 heteroatoms. The van der Waals surface area contributed by atoms with Gasteiger partial charge in [-0.15, -0.1) is 0 Å². The lowest BCUT2D eigenvalue weighted by Gasteiger charge is -2.39. The van der Waals surface area contributed by atoms with Gasteiger partial charge in [0.1, 0.15) is 0 Å². The summed E-state index contributed by atoms with van der Waals surface area (Å²) in [7, 11) is 1.37. The first-order valence-electron chi connectivity index (χ1n) is 9.04. The minimum Gasteiger partial charge on any atom is -0.466 e. The Morgan fingerprint density at radius 3 is 2.65 bits per heavy atom. The lowest BCUT2D eigenvalue weighted by atomic mass is 9.68. The number of esters is 1. The fourth-order valence-electron chi connectivity index (χ4n) is 4.11. The number of carbonyl (C=O) groups excluding carboxylic acids is 2. The molecule has 0 saturated carbocycles. The Labute approximate surface area is 154 Å². The molecule has 2 heterocycles. The first kappa shape index (κ1) is 18.4. The van der Waals surface area contributed by atoms with Gasteiger partial charge in [0.2, 0.25) is 0 Å². The minimum absolute atomic E-state index is 0.0892. The third-order valence-electron chi connectivity index (χ3n) is 5.26. The molecule has 0 bridgehead atoms. The van der Waals surface area contributed by atoms with E-state index in [1.165, 1.54) is 7.11 Å². The molecule has 0 unspecified atom stereocenters. The maximum Gasteiger partial charge on any atom is 0.336 e. The van der Waals surface area contributed by atoms with Crippen molar-refractivity contribution >= 4 is 11.8 Å². The number of dihydropyridines is 1. The zero-order chi connectivity index (χ0) is 19.2. The largest absolute Gasteiger partial charge is 0.466 e. The molecule has 140 valence electrons. The van der Waals surface area contributed by atoms with Crippen LogP contribution in [0, 0.1) is 12.3 Å². The molecule has 0 saturated heterocycles. The van der Waals surface area contributed by atoms with E-state index in [9.17, 15) is 9.59 Å². The van der Waals surface area contributed by atoms with Crippen molar-refractivity contribution in [2.45, 2.75) is 59.9 Å². The second kappa shape index (κ2) is 6.41. The molecule has 1 N–H and O–H groups in total. The van der Waals surface area contributed by atoms with Gasteiger partial charge in [0.15, 0.2) is 5.78 Å². The Kier molecular flexibility index (Phi) is 4.54. The van der Waals surface area contributed by atoms with Gasteiger partial charge in [-0.05, 0) is 32.6 Å². The molecule has 1 aromatic heterocycles. The SMILES string of the molecule is CCn1cc([C@@H]2C(C(=O)OC)=C(C)NC3=C2C(=O)CC(C)(C)C3)c(C)n1. The van der Waals surface area contributed by atoms with E-state index in [0.29, 0.717) is 17.6 Å². The minimum atomic E-state index is -0.428. The van der Waals surface area contributed by atoms with Gasteiger partial charge in [0, 0.05) is 41.7 Å². The summed E-state index contributed by atoms with van der Waals surface area (Å²) < 4.78 is 6.88. The summed E-state index contributed by atoms with van der Waals surface area (Å²) in [6.45, 7) is 10.7. The van der Waals surface area contributed by atoms with Crippen molar-refractivity contribution < 1.29 is 14.3 Å². The number of aryl methyl sites for hydroxylation is 2. The summed E-state index contributed by atoms with van der Waals surface area (Å²) in [5.74, 6) is -0.748. The van der Waals surface area contributed by atoms with Gasteiger partial charge in [0.25, 0.3) is 0 Å². The average Bonchev–Trinajstić information content (AvgIpc) is 2.92. The fourth-order valence-corrected chi connectivity index (χ4v) is 4.11. The topological polar surface area (TPSA) is 73.2 Å². The van der Waals surface area contributed by atoms with E-state index in [1.807, 2.05) is 31.6 Å². The van der Waals surface area contributed by atoms with Crippen LogP contribution in [0.1, 0.15) is 57.7 Å². The first-order valence-corrected chi connectivity index (χ1v) is 9.04. The molecule has 1 aliphatic heterocycles. The molecule has 26 heavy (non-hydrogen) atoms. The predicted octanol–water partition coefficient (Wildman–Crippen LogP) is 2.99. The molecule has 0 fully saturated rings. The highest BCUT2D eigenvalue weighted by molar-refractivity contribution is 6.04. The summed E-state index contributed by atoms with van der Waals surface area (Å²) in [5, 5.41) is 7.85. The molecule has 0 amide bonds. The van der Waals surface area contributed by atoms with Crippen LogP contribution in [0.15, 0.2) is 28.7 Å². The summed E-state index contributed by atoms with van der Waals surface area (Å²) in [4.78, 5) is 25.7. The summed E-state index contributed by atoms with van der Waals surface area (Å²) in [5.41, 5.74) is 4.48. The van der Waals surface area contributed by atoms with Crippen LogP contribution in [0.2, 0.25) is 0 Å². The number of methoxy groups -OCH3 is 1. The van der Waals surface area contributed by atoms with Crippen LogP contribution < -0.4 is 5.32 Å². The van der Waals surface area contributed by atoms with Crippen molar-refractivity contribution in [3.05, 3.63) is 40.0 Å². The van der Waals surface area contributed by atoms with Crippen molar-refractivity contribution in [2.24, 2.45) is 5.41 Å². The predicted molar refractivity (Wildman–Crippen MR) is 98.3 cm³/mol. The Hall–Kier alpha value is -2.37. The van der Waals surface area contributed by atoms with Gasteiger partial charge in [-0.1, -0.05) is 13.8 Å². The number of hydrogen-bond donors (Lipinski definition) is 1. The number of aromatic nitrogens is 2. The van der Waals surface area contributed by atoms with Gasteiger partial charge in [-0.3, -0.25) is 9.48 Å². The summed E-state index contributed by atoms with van der Waals surface area (Å²) in [6, 6.07) is 0. The molecular weight excluding hydrogens is 330 g/mol. The van der Waals surface area contributed by atoms with Crippen LogP contribution in [0.4, 0.5) is 0 Å². The number of ketones is 1. The number of hydrogen-bond acceptors (Lipinski definition) is 5. The summed E-state index contributed by atoms with van der Waals surface area (Å²) >= 11 is 0. The Morgan fingerprint density at radius 1 is 1.38 bits per heavy atom. The van der Waals surface area contributed by atoms with E-state index < -0.39 is 11.9 Å². The standard InChI is InChI=1S/C20H27N3O3/c1-7-23-10-13(11(2)22-23)17-16(19(25)26-6)12(3)21-14-8-20(4,5)9-15(24)18(14)17/h10,17,21H,7-9H2,1-6H3/t17-/m1/s1. The average molecular weight is 357 g/mol. The monoisotopic (exact) mass is 357 g/mol. The van der Waals surface area contributed by atoms with Gasteiger partial charge in [0.05, 0.1) is 24.3 Å². The molecule has 6 nitrogen and oxygen atoms in total. The van der Waals surface area contributed by atoms with E-state index in [-0.39, 0.29) is 11.2 Å². The smallest absolute Gasteiger partial charge is 0.336 e. The number of ether oxygens (including phenoxy) is 1. The van der Waals surface area contributed by atoms with Gasteiger partial charge in [-0.25, -0.2) is 4.79 Å². The lowest BCUT2D eigenvalue weighted by Crippen LogP contribution is -2.38. The Balaban J connectivity index is 2.22. The van der Waals surface area contributed by atoms with Crippen molar-refractivity contribution in [1.82, 2.24) is 15.1 Å². The normalized spacial score (nSPS) is 22.2. The molecule has 3 rings (SSSR count). The molecule has 2 aliphatic rings. The van der Waals surface area contributed by atoms with Gasteiger partial charge >= 0.3 is 5.97 Å². The molecule has 1 atom stereocenters. The van der Waals surface area contributed by atoms with Gasteiger partial charge in [-0.2, -0.15) is 5.10 Å². The zero-order valence-electron chi connectivity index (χ0n) is 16.4. The van der Waals surface area contributed by atoms with Crippen molar-refractivity contribution in [1.29, 1.82) is 0 Å². The van der Waals surface area contributed by atoms with E-state index in [4.69, 9.17) is 4.74 Å². The number of nitrogens with zero attached hydrogens (tertiary/aromatic N) is 2. The van der Waals surface area contributed by atoms with E-state index in [1.54, 1.807) is 0 Å². The van der Waals surface area contributed by atoms with Crippen LogP contribution in [-0.2, 0) is 20.9 Å². The van der Waals surface area contributed by atoms with E-state index >= 15 is 0 Å². The lowest BCUT2D eigenvalue weighted by molar-refractivity contribution is -0.136. The van der Waals surface area contributed by atoms with Gasteiger partial charge < -0.3 is 10.1 Å². The third kappa shape index (κ3) is 2.97. The number of carbonyl (C=O) groups is 2. The molecule has 1 aromatic rings. The number of Topliss-reactive ketones (excluding diaryl/α,β-unsaturated/α-hetero) is 1. The van der Waals surface area contributed by atoms with Crippen LogP contribution >= 0.6 is 0 Å². The number of allylic oxidation sites excluding steroid dienone is 3. The number of nitrogens with one attached hydrogen (secondary N) is 1. The first-order chi connectivity index (χ1) is 12.2. The maximum absolute atomic E-state index is 13.1. The van der Waals surface area contributed by atoms with Crippen LogP contribution in [-0.4, -0.2) is 28.6 Å². The van der Waals surface area contributed by atoms with Crippen molar-refractivity contribution in [3.8, 4) is 0 Å². The van der Waals surface area contributed by atoms with Crippen molar-refractivity contribution in [2.75, 3.05) is 7.11 Å². The van der Waals surface area contributed by atoms with Crippen molar-refractivity contribution in [3.63, 3.8) is 0 Å². The quantitative estimate of drug-likeness (QED) is 0.842. The highest BCUT2D eigenvalue weighted by atomic mass is 16.5. The Morgan fingerprint density at radius 2 is 2.08 bits per heavy atom. The highest BCUT2D eigenvalue weighted by Gasteiger charge is 2.43. The molecule has 1 aliphatic carbocycles. The van der Waals surface area contributed by atoms with Crippen LogP contribution in [0.5, 0.6) is 0 Å². The fraction of sp³-hybridized carbons (Fsp3) is 0.550. The molecule has 0 spiro atoms. The number of rotatable bonds is 3. The maximum atomic E-state index is 13.1. The highest BCUT2D eigenvalue weighted by Crippen LogP contribution is 2.47. The molecule has 0 aromatic carbocycles. The third-order valence-corrected chi connectivity index (χ3v) is 5.26. The molecule has 0 radical (unpaired) electrons. The Bertz CT molecular complexity index is 842. The second-order valence-corrected chi connectivity index (χ2v) is 7.95. The van der Waals surface area contributed by atoms with Crippen LogP contribution in [0.3, 0.4) is 0 Å². The van der Waals surface area contributed by atoms with Crippen LogP contribution in [0.25, 0.3) is 0 Å². The van der Waals surface area contributed by atoms with E-state index in [0.717, 1.165) is 35.6 Å². The molecular formula is C20H27N3O3. The van der Waals surface area contributed by atoms with E-state index in [2.05, 4.69) is 24.3 Å². The second-order valence-electron chi connectivity index (χ2n) is 7.95. The zero-order valence-corrected chi connectivity index (χ0v) is 16.4. The summed E-state index contributed by atoms with van der Waals surface area (Å²) in [6.07, 6.45) is 3.19.